The Morgan fingerprint density at radius 1 is 1.33 bits per heavy atom. The van der Waals surface area contributed by atoms with E-state index in [4.69, 9.17) is 16.3 Å². The fourth-order valence-corrected chi connectivity index (χ4v) is 2.21. The molecule has 0 bridgehead atoms. The first-order valence-electron chi connectivity index (χ1n) is 6.33. The number of carboxylic acids is 1. The second kappa shape index (κ2) is 6.01. The highest BCUT2D eigenvalue weighted by molar-refractivity contribution is 6.30. The summed E-state index contributed by atoms with van der Waals surface area (Å²) in [4.78, 5) is 23.1. The second-order valence-corrected chi connectivity index (χ2v) is 4.86. The van der Waals surface area contributed by atoms with Crippen molar-refractivity contribution in [1.29, 1.82) is 0 Å². The minimum atomic E-state index is -1.06. The number of esters is 1. The lowest BCUT2D eigenvalue weighted by atomic mass is 10.1. The number of hydrogen-bond acceptors (Lipinski definition) is 3. The quantitative estimate of drug-likeness (QED) is 0.880. The molecule has 0 aliphatic rings. The van der Waals surface area contributed by atoms with Crippen molar-refractivity contribution in [3.05, 3.63) is 52.3 Å². The van der Waals surface area contributed by atoms with Crippen molar-refractivity contribution in [2.45, 2.75) is 13.8 Å². The first-order valence-corrected chi connectivity index (χ1v) is 6.71. The highest BCUT2D eigenvalue weighted by Gasteiger charge is 2.17. The summed E-state index contributed by atoms with van der Waals surface area (Å²) in [7, 11) is 0. The topological polar surface area (TPSA) is 68.5 Å². The average Bonchev–Trinajstić information content (AvgIpc) is 2.80. The van der Waals surface area contributed by atoms with Gasteiger partial charge in [0.1, 0.15) is 0 Å². The Hall–Kier alpha value is -2.27. The molecular formula is C15H14ClNO4. The van der Waals surface area contributed by atoms with Crippen molar-refractivity contribution in [3.8, 4) is 5.69 Å². The number of benzene rings is 1. The van der Waals surface area contributed by atoms with Gasteiger partial charge in [0.25, 0.3) is 0 Å². The largest absolute Gasteiger partial charge is 0.478 e. The summed E-state index contributed by atoms with van der Waals surface area (Å²) in [5, 5.41) is 9.68. The Morgan fingerprint density at radius 3 is 2.67 bits per heavy atom. The van der Waals surface area contributed by atoms with Gasteiger partial charge < -0.3 is 14.4 Å². The fraction of sp³-hybridized carbons (Fsp3) is 0.200. The van der Waals surface area contributed by atoms with E-state index < -0.39 is 11.9 Å². The van der Waals surface area contributed by atoms with E-state index in [1.807, 2.05) is 0 Å². The molecule has 2 aromatic rings. The molecule has 0 saturated heterocycles. The molecule has 0 amide bonds. The monoisotopic (exact) mass is 307 g/mol. The lowest BCUT2D eigenvalue weighted by molar-refractivity contribution is 0.0526. The Kier molecular flexibility index (Phi) is 4.33. The molecular weight excluding hydrogens is 294 g/mol. The zero-order valence-electron chi connectivity index (χ0n) is 11.6. The number of aromatic carboxylic acids is 1. The summed E-state index contributed by atoms with van der Waals surface area (Å²) in [6, 6.07) is 6.14. The van der Waals surface area contributed by atoms with Crippen LogP contribution in [0, 0.1) is 6.92 Å². The molecule has 0 spiro atoms. The van der Waals surface area contributed by atoms with Crippen molar-refractivity contribution >= 4 is 23.5 Å². The van der Waals surface area contributed by atoms with E-state index in [1.54, 1.807) is 36.7 Å². The minimum absolute atomic E-state index is 0.105. The van der Waals surface area contributed by atoms with Gasteiger partial charge in [0.15, 0.2) is 0 Å². The van der Waals surface area contributed by atoms with Crippen molar-refractivity contribution < 1.29 is 19.4 Å². The number of nitrogens with zero attached hydrogens (tertiary/aromatic N) is 1. The molecule has 5 nitrogen and oxygen atoms in total. The number of carboxylic acid groups (broad SMARTS) is 1. The van der Waals surface area contributed by atoms with Gasteiger partial charge in [-0.2, -0.15) is 0 Å². The first-order chi connectivity index (χ1) is 9.93. The first kappa shape index (κ1) is 15.1. The lowest BCUT2D eigenvalue weighted by Gasteiger charge is -2.10. The van der Waals surface area contributed by atoms with Crippen LogP contribution in [-0.4, -0.2) is 28.2 Å². The van der Waals surface area contributed by atoms with Crippen LogP contribution >= 0.6 is 11.6 Å². The van der Waals surface area contributed by atoms with Gasteiger partial charge in [-0.3, -0.25) is 0 Å². The molecule has 1 aromatic heterocycles. The molecule has 2 rings (SSSR count). The molecule has 0 unspecified atom stereocenters. The maximum Gasteiger partial charge on any atom is 0.339 e. The van der Waals surface area contributed by atoms with E-state index in [0.29, 0.717) is 22.0 Å². The van der Waals surface area contributed by atoms with Crippen LogP contribution in [0.4, 0.5) is 0 Å². The van der Waals surface area contributed by atoms with Crippen LogP contribution in [0.15, 0.2) is 30.5 Å². The number of ether oxygens (including phenoxy) is 1. The number of aryl methyl sites for hydroxylation is 1. The maximum absolute atomic E-state index is 11.7. The molecule has 1 N–H and O–H groups in total. The summed E-state index contributed by atoms with van der Waals surface area (Å²) in [6.45, 7) is 3.77. The van der Waals surface area contributed by atoms with Gasteiger partial charge in [0, 0.05) is 16.9 Å². The van der Waals surface area contributed by atoms with Gasteiger partial charge >= 0.3 is 11.9 Å². The highest BCUT2D eigenvalue weighted by atomic mass is 35.5. The molecule has 110 valence electrons. The van der Waals surface area contributed by atoms with Crippen molar-refractivity contribution in [3.63, 3.8) is 0 Å². The summed E-state index contributed by atoms with van der Waals surface area (Å²) >= 11 is 5.94. The van der Waals surface area contributed by atoms with E-state index in [1.165, 1.54) is 12.1 Å². The summed E-state index contributed by atoms with van der Waals surface area (Å²) < 4.78 is 6.55. The third kappa shape index (κ3) is 3.08. The minimum Gasteiger partial charge on any atom is -0.478 e. The van der Waals surface area contributed by atoms with Gasteiger partial charge in [-0.15, -0.1) is 0 Å². The number of carbonyl (C=O) groups excluding carboxylic acids is 1. The summed E-state index contributed by atoms with van der Waals surface area (Å²) in [5.74, 6) is -1.51. The van der Waals surface area contributed by atoms with Crippen LogP contribution in [-0.2, 0) is 4.74 Å². The van der Waals surface area contributed by atoms with Gasteiger partial charge in [-0.1, -0.05) is 11.6 Å². The molecule has 0 saturated carbocycles. The van der Waals surface area contributed by atoms with Gasteiger partial charge in [0.05, 0.1) is 23.4 Å². The fourth-order valence-electron chi connectivity index (χ4n) is 2.04. The molecule has 0 aliphatic heterocycles. The zero-order chi connectivity index (χ0) is 15.6. The normalized spacial score (nSPS) is 10.4. The van der Waals surface area contributed by atoms with E-state index in [2.05, 4.69) is 0 Å². The molecule has 0 atom stereocenters. The second-order valence-electron chi connectivity index (χ2n) is 4.43. The molecule has 21 heavy (non-hydrogen) atoms. The van der Waals surface area contributed by atoms with Crippen LogP contribution in [0.3, 0.4) is 0 Å². The number of halogens is 1. The van der Waals surface area contributed by atoms with Crippen LogP contribution in [0.25, 0.3) is 5.69 Å². The van der Waals surface area contributed by atoms with Crippen LogP contribution < -0.4 is 0 Å². The van der Waals surface area contributed by atoms with E-state index in [9.17, 15) is 14.7 Å². The number of carbonyl (C=O) groups is 2. The predicted octanol–water partition coefficient (Wildman–Crippen LogP) is 3.31. The molecule has 1 heterocycles. The highest BCUT2D eigenvalue weighted by Crippen LogP contribution is 2.23. The van der Waals surface area contributed by atoms with E-state index in [0.717, 1.165) is 0 Å². The lowest BCUT2D eigenvalue weighted by Crippen LogP contribution is -2.06. The third-order valence-corrected chi connectivity index (χ3v) is 3.21. The van der Waals surface area contributed by atoms with Crippen LogP contribution in [0.1, 0.15) is 33.3 Å². The van der Waals surface area contributed by atoms with Crippen LogP contribution in [0.5, 0.6) is 0 Å². The molecule has 0 fully saturated rings. The van der Waals surface area contributed by atoms with Crippen molar-refractivity contribution in [2.75, 3.05) is 6.61 Å². The van der Waals surface area contributed by atoms with Crippen LogP contribution in [0.2, 0.25) is 5.02 Å². The smallest absolute Gasteiger partial charge is 0.339 e. The Bertz CT molecular complexity index is 706. The third-order valence-electron chi connectivity index (χ3n) is 2.97. The standard InChI is InChI=1S/C15H14ClNO4/c1-3-21-15(20)10-6-9(2)17(8-10)13-7-11(16)4-5-12(13)14(18)19/h4-8H,3H2,1-2H3,(H,18,19). The number of aromatic nitrogens is 1. The zero-order valence-corrected chi connectivity index (χ0v) is 12.3. The van der Waals surface area contributed by atoms with E-state index >= 15 is 0 Å². The predicted molar refractivity (Wildman–Crippen MR) is 78.4 cm³/mol. The Morgan fingerprint density at radius 2 is 2.05 bits per heavy atom. The van der Waals surface area contributed by atoms with Gasteiger partial charge in [0.2, 0.25) is 0 Å². The summed E-state index contributed by atoms with van der Waals surface area (Å²) in [6.07, 6.45) is 1.55. The SMILES string of the molecule is CCOC(=O)c1cc(C)n(-c2cc(Cl)ccc2C(=O)O)c1. The molecule has 6 heteroatoms. The molecule has 0 radical (unpaired) electrons. The Balaban J connectivity index is 2.55. The molecule has 0 aliphatic carbocycles. The van der Waals surface area contributed by atoms with Gasteiger partial charge in [-0.25, -0.2) is 9.59 Å². The number of hydrogen-bond donors (Lipinski definition) is 1. The Labute approximate surface area is 126 Å². The van der Waals surface area contributed by atoms with E-state index in [-0.39, 0.29) is 12.2 Å². The number of rotatable bonds is 4. The molecule has 1 aromatic carbocycles. The van der Waals surface area contributed by atoms with Crippen molar-refractivity contribution in [2.24, 2.45) is 0 Å². The van der Waals surface area contributed by atoms with Crippen molar-refractivity contribution in [1.82, 2.24) is 4.57 Å². The summed E-state index contributed by atoms with van der Waals surface area (Å²) in [5.41, 5.74) is 1.59. The maximum atomic E-state index is 11.7. The van der Waals surface area contributed by atoms with Gasteiger partial charge in [-0.05, 0) is 38.1 Å². The average molecular weight is 308 g/mol.